The summed E-state index contributed by atoms with van der Waals surface area (Å²) in [6.45, 7) is 1.37. The highest BCUT2D eigenvalue weighted by atomic mass is 32.2. The van der Waals surface area contributed by atoms with E-state index in [1.165, 1.54) is 13.8 Å². The Balaban J connectivity index is 1.94. The normalized spacial score (nSPS) is 17.8. The van der Waals surface area contributed by atoms with Crippen molar-refractivity contribution in [1.82, 2.24) is 15.1 Å². The molecule has 2 aromatic rings. The SMILES string of the molecule is Cc1nc(C(C)(CC(=O)c2cc(OCC(F)(F)F)c(C3(O)CCC3)cn2)CS(C)(=O)=O)no1. The lowest BCUT2D eigenvalue weighted by Gasteiger charge is -2.37. The summed E-state index contributed by atoms with van der Waals surface area (Å²) in [7, 11) is -3.58. The summed E-state index contributed by atoms with van der Waals surface area (Å²) < 4.78 is 72.1. The third kappa shape index (κ3) is 6.08. The molecule has 1 N–H and O–H groups in total. The Labute approximate surface area is 188 Å². The minimum Gasteiger partial charge on any atom is -0.484 e. The van der Waals surface area contributed by atoms with Crippen molar-refractivity contribution < 1.29 is 40.8 Å². The number of Topliss-reactive ketones (excluding diaryl/α,β-unsaturated/α-hetero) is 1. The largest absolute Gasteiger partial charge is 0.484 e. The molecule has 13 heteroatoms. The van der Waals surface area contributed by atoms with Crippen molar-refractivity contribution in [2.24, 2.45) is 0 Å². The summed E-state index contributed by atoms with van der Waals surface area (Å²) >= 11 is 0. The van der Waals surface area contributed by atoms with Gasteiger partial charge in [-0.2, -0.15) is 18.2 Å². The number of rotatable bonds is 9. The molecule has 1 aliphatic carbocycles. The van der Waals surface area contributed by atoms with E-state index < -0.39 is 51.6 Å². The van der Waals surface area contributed by atoms with Gasteiger partial charge in [0.2, 0.25) is 5.89 Å². The maximum Gasteiger partial charge on any atom is 0.422 e. The van der Waals surface area contributed by atoms with Gasteiger partial charge in [-0.3, -0.25) is 9.78 Å². The molecule has 0 saturated heterocycles. The highest BCUT2D eigenvalue weighted by molar-refractivity contribution is 7.90. The molecular weight excluding hydrogens is 467 g/mol. The van der Waals surface area contributed by atoms with E-state index in [0.29, 0.717) is 19.3 Å². The van der Waals surface area contributed by atoms with Crippen LogP contribution in [0.1, 0.15) is 60.4 Å². The molecule has 0 spiro atoms. The fourth-order valence-corrected chi connectivity index (χ4v) is 5.15. The van der Waals surface area contributed by atoms with Crippen LogP contribution >= 0.6 is 0 Å². The van der Waals surface area contributed by atoms with Crippen molar-refractivity contribution in [2.45, 2.75) is 56.7 Å². The van der Waals surface area contributed by atoms with Gasteiger partial charge < -0.3 is 14.4 Å². The number of aryl methyl sites for hydroxylation is 1. The molecule has 33 heavy (non-hydrogen) atoms. The number of aliphatic hydroxyl groups is 1. The van der Waals surface area contributed by atoms with Crippen molar-refractivity contribution in [1.29, 1.82) is 0 Å². The minimum atomic E-state index is -4.63. The number of halogens is 3. The third-order valence-electron chi connectivity index (χ3n) is 5.42. The standard InChI is InChI=1S/C20H24F3N3O6S/c1-12-25-17(26-32-12)18(2,11-33(3,29)30)8-15(27)14-7-16(31-10-20(21,22)23)13(9-24-14)19(28)5-4-6-19/h7,9,28H,4-6,8,10-11H2,1-3H3. The zero-order chi connectivity index (χ0) is 24.7. The number of alkyl halides is 3. The molecular formula is C20H24F3N3O6S. The van der Waals surface area contributed by atoms with E-state index in [0.717, 1.165) is 18.5 Å². The summed E-state index contributed by atoms with van der Waals surface area (Å²) in [5.74, 6) is -1.25. The predicted octanol–water partition coefficient (Wildman–Crippen LogP) is 2.66. The van der Waals surface area contributed by atoms with Crippen LogP contribution in [0.15, 0.2) is 16.8 Å². The molecule has 1 fully saturated rings. The average Bonchev–Trinajstić information content (AvgIpc) is 3.09. The number of ether oxygens (including phenoxy) is 1. The molecule has 2 aromatic heterocycles. The highest BCUT2D eigenvalue weighted by Crippen LogP contribution is 2.45. The van der Waals surface area contributed by atoms with Gasteiger partial charge in [-0.05, 0) is 19.3 Å². The van der Waals surface area contributed by atoms with Crippen molar-refractivity contribution in [3.05, 3.63) is 35.2 Å². The Morgan fingerprint density at radius 3 is 2.48 bits per heavy atom. The third-order valence-corrected chi connectivity index (χ3v) is 6.59. The molecule has 1 aliphatic rings. The van der Waals surface area contributed by atoms with Crippen molar-refractivity contribution >= 4 is 15.6 Å². The number of carbonyl (C=O) groups is 1. The van der Waals surface area contributed by atoms with Crippen LogP contribution in [-0.4, -0.2) is 59.2 Å². The maximum atomic E-state index is 13.0. The summed E-state index contributed by atoms with van der Waals surface area (Å²) in [6, 6.07) is 1.04. The lowest BCUT2D eigenvalue weighted by atomic mass is 9.75. The number of carbonyl (C=O) groups excluding carboxylic acids is 1. The fraction of sp³-hybridized carbons (Fsp3) is 0.600. The Morgan fingerprint density at radius 2 is 2.00 bits per heavy atom. The number of ketones is 1. The van der Waals surface area contributed by atoms with Gasteiger partial charge in [-0.25, -0.2) is 8.42 Å². The summed E-state index contributed by atoms with van der Waals surface area (Å²) in [5.41, 5.74) is -2.91. The topological polar surface area (TPSA) is 132 Å². The summed E-state index contributed by atoms with van der Waals surface area (Å²) in [4.78, 5) is 21.1. The van der Waals surface area contributed by atoms with E-state index in [9.17, 15) is 31.5 Å². The molecule has 2 heterocycles. The van der Waals surface area contributed by atoms with Gasteiger partial charge in [0.15, 0.2) is 18.2 Å². The van der Waals surface area contributed by atoms with Gasteiger partial charge in [0, 0.05) is 37.4 Å². The van der Waals surface area contributed by atoms with E-state index in [2.05, 4.69) is 15.1 Å². The maximum absolute atomic E-state index is 13.0. The molecule has 182 valence electrons. The van der Waals surface area contributed by atoms with Crippen LogP contribution in [-0.2, 0) is 20.9 Å². The van der Waals surface area contributed by atoms with Crippen molar-refractivity contribution in [3.8, 4) is 5.75 Å². The molecule has 1 atom stereocenters. The number of sulfone groups is 1. The van der Waals surface area contributed by atoms with Gasteiger partial charge in [-0.1, -0.05) is 12.1 Å². The molecule has 0 aromatic carbocycles. The Kier molecular flexibility index (Phi) is 6.59. The van der Waals surface area contributed by atoms with Crippen LogP contribution in [0.25, 0.3) is 0 Å². The monoisotopic (exact) mass is 491 g/mol. The van der Waals surface area contributed by atoms with E-state index in [4.69, 9.17) is 9.26 Å². The first kappa shape index (κ1) is 25.1. The molecule has 0 radical (unpaired) electrons. The zero-order valence-corrected chi connectivity index (χ0v) is 19.1. The number of aromatic nitrogens is 3. The molecule has 0 aliphatic heterocycles. The first-order valence-electron chi connectivity index (χ1n) is 10.0. The second-order valence-electron chi connectivity index (χ2n) is 8.72. The average molecular weight is 491 g/mol. The fourth-order valence-electron chi connectivity index (χ4n) is 3.76. The smallest absolute Gasteiger partial charge is 0.422 e. The summed E-state index contributed by atoms with van der Waals surface area (Å²) in [5, 5.41) is 14.4. The van der Waals surface area contributed by atoms with Crippen LogP contribution in [0.5, 0.6) is 5.75 Å². The summed E-state index contributed by atoms with van der Waals surface area (Å²) in [6.07, 6.45) is -1.57. The van der Waals surface area contributed by atoms with E-state index in [1.54, 1.807) is 0 Å². The quantitative estimate of drug-likeness (QED) is 0.526. The Hall–Kier alpha value is -2.54. The lowest BCUT2D eigenvalue weighted by Crippen LogP contribution is -2.36. The van der Waals surface area contributed by atoms with Gasteiger partial charge in [-0.15, -0.1) is 0 Å². The van der Waals surface area contributed by atoms with E-state index >= 15 is 0 Å². The van der Waals surface area contributed by atoms with Crippen molar-refractivity contribution in [2.75, 3.05) is 18.6 Å². The van der Waals surface area contributed by atoms with E-state index in [1.807, 2.05) is 0 Å². The first-order chi connectivity index (χ1) is 15.1. The number of pyridine rings is 1. The van der Waals surface area contributed by atoms with Crippen molar-refractivity contribution in [3.63, 3.8) is 0 Å². The lowest BCUT2D eigenvalue weighted by molar-refractivity contribution is -0.154. The highest BCUT2D eigenvalue weighted by Gasteiger charge is 2.41. The zero-order valence-electron chi connectivity index (χ0n) is 18.3. The Bertz CT molecular complexity index is 1140. The molecule has 9 nitrogen and oxygen atoms in total. The predicted molar refractivity (Wildman–Crippen MR) is 109 cm³/mol. The van der Waals surface area contributed by atoms with Gasteiger partial charge in [0.05, 0.1) is 16.8 Å². The minimum absolute atomic E-state index is 0.00715. The molecule has 0 bridgehead atoms. The van der Waals surface area contributed by atoms with Gasteiger partial charge in [0.25, 0.3) is 0 Å². The number of hydrogen-bond donors (Lipinski definition) is 1. The Morgan fingerprint density at radius 1 is 1.33 bits per heavy atom. The molecule has 0 amide bonds. The van der Waals surface area contributed by atoms with Gasteiger partial charge in [0.1, 0.15) is 21.3 Å². The van der Waals surface area contributed by atoms with Crippen LogP contribution < -0.4 is 4.74 Å². The second kappa shape index (κ2) is 8.67. The first-order valence-corrected chi connectivity index (χ1v) is 12.1. The molecule has 1 unspecified atom stereocenters. The molecule has 3 rings (SSSR count). The van der Waals surface area contributed by atoms with Crippen LogP contribution in [0.3, 0.4) is 0 Å². The second-order valence-corrected chi connectivity index (χ2v) is 10.9. The van der Waals surface area contributed by atoms with Crippen LogP contribution in [0.2, 0.25) is 0 Å². The number of hydrogen-bond acceptors (Lipinski definition) is 9. The van der Waals surface area contributed by atoms with Crippen LogP contribution in [0, 0.1) is 6.92 Å². The number of nitrogens with zero attached hydrogens (tertiary/aromatic N) is 3. The molecule has 1 saturated carbocycles. The van der Waals surface area contributed by atoms with E-state index in [-0.39, 0.29) is 28.7 Å². The van der Waals surface area contributed by atoms with Gasteiger partial charge >= 0.3 is 6.18 Å². The van der Waals surface area contributed by atoms with Crippen LogP contribution in [0.4, 0.5) is 13.2 Å².